The third kappa shape index (κ3) is 3.98. The van der Waals surface area contributed by atoms with Crippen LogP contribution >= 0.6 is 0 Å². The lowest BCUT2D eigenvalue weighted by Crippen LogP contribution is -2.29. The minimum atomic E-state index is -3.70. The number of ether oxygens (including phenoxy) is 2. The van der Waals surface area contributed by atoms with Gasteiger partial charge in [-0.15, -0.1) is 0 Å². The fraction of sp³-hybridized carbons (Fsp3) is 0.364. The molecule has 2 N–H and O–H groups in total. The molecule has 2 aromatic rings. The number of hydrogen-bond donors (Lipinski definition) is 2. The Balaban J connectivity index is 1.31. The number of carbonyl (C=O) groups excluding carboxylic acids is 2. The number of fused-ring (bicyclic) bond motifs is 1. The zero-order valence-corrected chi connectivity index (χ0v) is 18.5. The van der Waals surface area contributed by atoms with Gasteiger partial charge in [-0.2, -0.15) is 4.31 Å². The van der Waals surface area contributed by atoms with Gasteiger partial charge in [-0.1, -0.05) is 0 Å². The maximum Gasteiger partial charge on any atom is 0.243 e. The molecule has 2 aromatic carbocycles. The second-order valence-corrected chi connectivity index (χ2v) is 10.2. The SMILES string of the molecule is O=C(Nc1cc(S(=O)(=O)N2CCCC2)ccc1O)C1CC(=O)N(c2ccc3c(c2)OCO3)C1. The summed E-state index contributed by atoms with van der Waals surface area (Å²) in [6, 6.07) is 8.95. The minimum absolute atomic E-state index is 0.00184. The van der Waals surface area contributed by atoms with Crippen LogP contribution in [0.1, 0.15) is 19.3 Å². The molecule has 0 aromatic heterocycles. The number of rotatable bonds is 5. The number of anilines is 2. The number of sulfonamides is 1. The molecule has 0 aliphatic carbocycles. The van der Waals surface area contributed by atoms with Crippen LogP contribution in [0, 0.1) is 5.92 Å². The van der Waals surface area contributed by atoms with Gasteiger partial charge in [-0.05, 0) is 43.2 Å². The highest BCUT2D eigenvalue weighted by atomic mass is 32.2. The van der Waals surface area contributed by atoms with Crippen LogP contribution < -0.4 is 19.7 Å². The highest BCUT2D eigenvalue weighted by Crippen LogP contribution is 2.37. The lowest BCUT2D eigenvalue weighted by molar-refractivity contribution is -0.122. The predicted molar refractivity (Wildman–Crippen MR) is 118 cm³/mol. The molecule has 3 aliphatic rings. The van der Waals surface area contributed by atoms with Gasteiger partial charge in [-0.3, -0.25) is 9.59 Å². The molecule has 2 saturated heterocycles. The monoisotopic (exact) mass is 473 g/mol. The fourth-order valence-corrected chi connectivity index (χ4v) is 5.82. The highest BCUT2D eigenvalue weighted by molar-refractivity contribution is 7.89. The molecule has 2 amide bonds. The van der Waals surface area contributed by atoms with Crippen molar-refractivity contribution in [1.82, 2.24) is 4.31 Å². The average Bonchev–Trinajstić information content (AvgIpc) is 3.55. The first-order chi connectivity index (χ1) is 15.8. The van der Waals surface area contributed by atoms with Gasteiger partial charge in [0, 0.05) is 37.8 Å². The summed E-state index contributed by atoms with van der Waals surface area (Å²) in [5.41, 5.74) is 0.593. The Bertz CT molecular complexity index is 1220. The third-order valence-corrected chi connectivity index (χ3v) is 7.99. The normalized spacial score (nSPS) is 20.4. The lowest BCUT2D eigenvalue weighted by atomic mass is 10.1. The highest BCUT2D eigenvalue weighted by Gasteiger charge is 2.36. The topological polar surface area (TPSA) is 125 Å². The number of nitrogens with zero attached hydrogens (tertiary/aromatic N) is 2. The number of hydrogen-bond acceptors (Lipinski definition) is 7. The van der Waals surface area contributed by atoms with E-state index in [0.29, 0.717) is 30.3 Å². The molecule has 0 radical (unpaired) electrons. The summed E-state index contributed by atoms with van der Waals surface area (Å²) in [5.74, 6) is -0.476. The number of phenolic OH excluding ortho intramolecular Hbond substituents is 1. The minimum Gasteiger partial charge on any atom is -0.506 e. The summed E-state index contributed by atoms with van der Waals surface area (Å²) in [4.78, 5) is 27.0. The maximum absolute atomic E-state index is 12.9. The summed E-state index contributed by atoms with van der Waals surface area (Å²) in [6.07, 6.45) is 1.60. The van der Waals surface area contributed by atoms with Crippen LogP contribution in [-0.4, -0.2) is 56.1 Å². The van der Waals surface area contributed by atoms with Crippen molar-refractivity contribution in [2.75, 3.05) is 36.6 Å². The lowest BCUT2D eigenvalue weighted by Gasteiger charge is -2.18. The summed E-state index contributed by atoms with van der Waals surface area (Å²) in [7, 11) is -3.70. The van der Waals surface area contributed by atoms with Crippen molar-refractivity contribution in [3.8, 4) is 17.2 Å². The van der Waals surface area contributed by atoms with E-state index in [4.69, 9.17) is 9.47 Å². The maximum atomic E-state index is 12.9. The molecule has 2 fully saturated rings. The zero-order valence-electron chi connectivity index (χ0n) is 17.7. The quantitative estimate of drug-likeness (QED) is 0.635. The van der Waals surface area contributed by atoms with Crippen LogP contribution in [0.2, 0.25) is 0 Å². The number of benzene rings is 2. The van der Waals surface area contributed by atoms with Crippen LogP contribution in [0.15, 0.2) is 41.3 Å². The van der Waals surface area contributed by atoms with Gasteiger partial charge in [0.1, 0.15) is 5.75 Å². The molecule has 10 nitrogen and oxygen atoms in total. The van der Waals surface area contributed by atoms with Gasteiger partial charge < -0.3 is 24.8 Å². The third-order valence-electron chi connectivity index (χ3n) is 6.09. The molecule has 174 valence electrons. The van der Waals surface area contributed by atoms with Gasteiger partial charge in [0.15, 0.2) is 11.5 Å². The van der Waals surface area contributed by atoms with Gasteiger partial charge in [0.05, 0.1) is 16.5 Å². The van der Waals surface area contributed by atoms with Crippen LogP contribution in [0.4, 0.5) is 11.4 Å². The van der Waals surface area contributed by atoms with Crippen LogP contribution in [0.25, 0.3) is 0 Å². The van der Waals surface area contributed by atoms with Gasteiger partial charge in [0.25, 0.3) is 0 Å². The first-order valence-electron chi connectivity index (χ1n) is 10.7. The van der Waals surface area contributed by atoms with Crippen molar-refractivity contribution in [2.24, 2.45) is 5.92 Å². The van der Waals surface area contributed by atoms with Crippen molar-refractivity contribution < 1.29 is 32.6 Å². The zero-order chi connectivity index (χ0) is 23.2. The van der Waals surface area contributed by atoms with Crippen molar-refractivity contribution in [3.05, 3.63) is 36.4 Å². The summed E-state index contributed by atoms with van der Waals surface area (Å²) in [6.45, 7) is 1.17. The summed E-state index contributed by atoms with van der Waals surface area (Å²) in [5, 5.41) is 12.8. The van der Waals surface area contributed by atoms with Gasteiger partial charge >= 0.3 is 0 Å². The van der Waals surface area contributed by atoms with E-state index in [1.165, 1.54) is 27.4 Å². The molecule has 33 heavy (non-hydrogen) atoms. The Kier molecular flexibility index (Phi) is 5.37. The van der Waals surface area contributed by atoms with Crippen molar-refractivity contribution in [2.45, 2.75) is 24.2 Å². The fourth-order valence-electron chi connectivity index (χ4n) is 4.27. The van der Waals surface area contributed by atoms with E-state index in [2.05, 4.69) is 5.32 Å². The van der Waals surface area contributed by atoms with E-state index < -0.39 is 21.8 Å². The number of carbonyl (C=O) groups is 2. The molecule has 1 atom stereocenters. The van der Waals surface area contributed by atoms with Crippen molar-refractivity contribution >= 4 is 33.2 Å². The standard InChI is InChI=1S/C22H23N3O7S/c26-18-5-4-16(33(29,30)24-7-1-2-8-24)11-17(18)23-22(28)14-9-21(27)25(12-14)15-3-6-19-20(10-15)32-13-31-19/h3-6,10-11,14,26H,1-2,7-9,12-13H2,(H,23,28). The Morgan fingerprint density at radius 2 is 1.82 bits per heavy atom. The van der Waals surface area contributed by atoms with Crippen LogP contribution in [0.3, 0.4) is 0 Å². The Labute approximate surface area is 190 Å². The molecule has 3 heterocycles. The van der Waals surface area contributed by atoms with Crippen molar-refractivity contribution in [3.63, 3.8) is 0 Å². The summed E-state index contributed by atoms with van der Waals surface area (Å²) >= 11 is 0. The Morgan fingerprint density at radius 1 is 1.06 bits per heavy atom. The number of amides is 2. The molecular weight excluding hydrogens is 450 g/mol. The molecule has 3 aliphatic heterocycles. The Morgan fingerprint density at radius 3 is 2.61 bits per heavy atom. The number of aromatic hydroxyl groups is 1. The predicted octanol–water partition coefficient (Wildman–Crippen LogP) is 1.90. The Hall–Kier alpha value is -3.31. The van der Waals surface area contributed by atoms with E-state index in [0.717, 1.165) is 12.8 Å². The second kappa shape index (κ2) is 8.23. The first kappa shape index (κ1) is 21.5. The number of nitrogens with one attached hydrogen (secondary N) is 1. The number of phenols is 1. The van der Waals surface area contributed by atoms with E-state index in [1.54, 1.807) is 18.2 Å². The van der Waals surface area contributed by atoms with Gasteiger partial charge in [-0.25, -0.2) is 8.42 Å². The van der Waals surface area contributed by atoms with Crippen LogP contribution in [-0.2, 0) is 19.6 Å². The molecule has 0 saturated carbocycles. The average molecular weight is 474 g/mol. The van der Waals surface area contributed by atoms with E-state index in [9.17, 15) is 23.1 Å². The molecule has 5 rings (SSSR count). The first-order valence-corrected chi connectivity index (χ1v) is 12.1. The van der Waals surface area contributed by atoms with E-state index in [1.807, 2.05) is 0 Å². The van der Waals surface area contributed by atoms with Crippen LogP contribution in [0.5, 0.6) is 17.2 Å². The summed E-state index contributed by atoms with van der Waals surface area (Å²) < 4.78 is 37.7. The second-order valence-electron chi connectivity index (χ2n) is 8.22. The molecule has 11 heteroatoms. The van der Waals surface area contributed by atoms with Gasteiger partial charge in [0.2, 0.25) is 28.6 Å². The van der Waals surface area contributed by atoms with E-state index >= 15 is 0 Å². The molecule has 0 bridgehead atoms. The smallest absolute Gasteiger partial charge is 0.243 e. The molecule has 0 spiro atoms. The molecule has 1 unspecified atom stereocenters. The largest absolute Gasteiger partial charge is 0.506 e. The van der Waals surface area contributed by atoms with Crippen molar-refractivity contribution in [1.29, 1.82) is 0 Å². The molecular formula is C22H23N3O7S. The van der Waals surface area contributed by atoms with E-state index in [-0.39, 0.29) is 42.0 Å².